The van der Waals surface area contributed by atoms with Gasteiger partial charge in [-0.3, -0.25) is 4.99 Å². The van der Waals surface area contributed by atoms with Gasteiger partial charge in [0.25, 0.3) is 0 Å². The first-order valence-corrected chi connectivity index (χ1v) is 6.15. The second-order valence-electron chi connectivity index (χ2n) is 3.52. The summed E-state index contributed by atoms with van der Waals surface area (Å²) >= 11 is 3.39. The molecule has 2 aromatic carbocycles. The van der Waals surface area contributed by atoms with Crippen molar-refractivity contribution >= 4 is 33.9 Å². The Balaban J connectivity index is 1.98. The Labute approximate surface area is 110 Å². The van der Waals surface area contributed by atoms with Crippen LogP contribution in [0.3, 0.4) is 0 Å². The van der Waals surface area contributed by atoms with Gasteiger partial charge < -0.3 is 0 Å². The average molecular weight is 286 g/mol. The van der Waals surface area contributed by atoms with Crippen LogP contribution in [0, 0.1) is 0 Å². The summed E-state index contributed by atoms with van der Waals surface area (Å²) in [4.78, 5) is 4.33. The topological polar surface area (TPSA) is 12.4 Å². The van der Waals surface area contributed by atoms with Crippen molar-refractivity contribution in [2.45, 2.75) is 0 Å². The molecule has 0 unspecified atom stereocenters. The van der Waals surface area contributed by atoms with Gasteiger partial charge in [-0.2, -0.15) is 0 Å². The molecule has 0 bridgehead atoms. The molecule has 0 saturated heterocycles. The number of benzene rings is 2. The zero-order valence-corrected chi connectivity index (χ0v) is 10.8. The van der Waals surface area contributed by atoms with E-state index in [2.05, 4.69) is 33.1 Å². The standard InChI is InChI=1S/C15H12BrN/c16-14-8-10-15(11-9-14)17-12-4-7-13-5-2-1-3-6-13/h1-12H/b7-4+,17-12+. The molecule has 0 spiro atoms. The fourth-order valence-electron chi connectivity index (χ4n) is 1.37. The molecule has 2 aromatic rings. The Kier molecular flexibility index (Phi) is 4.28. The van der Waals surface area contributed by atoms with Crippen LogP contribution in [-0.4, -0.2) is 6.21 Å². The van der Waals surface area contributed by atoms with Crippen molar-refractivity contribution in [2.24, 2.45) is 4.99 Å². The van der Waals surface area contributed by atoms with Crippen LogP contribution in [0.15, 0.2) is 70.1 Å². The third kappa shape index (κ3) is 4.00. The molecule has 2 rings (SSSR count). The van der Waals surface area contributed by atoms with E-state index in [-0.39, 0.29) is 0 Å². The van der Waals surface area contributed by atoms with Crippen molar-refractivity contribution in [2.75, 3.05) is 0 Å². The number of allylic oxidation sites excluding steroid dienone is 1. The Bertz CT molecular complexity index is 512. The number of hydrogen-bond acceptors (Lipinski definition) is 1. The maximum atomic E-state index is 4.33. The van der Waals surface area contributed by atoms with Crippen molar-refractivity contribution in [1.29, 1.82) is 0 Å². The lowest BCUT2D eigenvalue weighted by atomic mass is 10.2. The summed E-state index contributed by atoms with van der Waals surface area (Å²) < 4.78 is 1.07. The number of aliphatic imine (C=N–C) groups is 1. The molecule has 84 valence electrons. The molecule has 0 N–H and O–H groups in total. The molecule has 0 amide bonds. The molecule has 0 aliphatic rings. The Morgan fingerprint density at radius 3 is 2.29 bits per heavy atom. The van der Waals surface area contributed by atoms with Gasteiger partial charge >= 0.3 is 0 Å². The third-order valence-electron chi connectivity index (χ3n) is 2.22. The van der Waals surface area contributed by atoms with Crippen LogP contribution in [0.1, 0.15) is 5.56 Å². The van der Waals surface area contributed by atoms with E-state index in [0.29, 0.717) is 0 Å². The van der Waals surface area contributed by atoms with E-state index in [9.17, 15) is 0 Å². The van der Waals surface area contributed by atoms with Crippen LogP contribution in [0.2, 0.25) is 0 Å². The summed E-state index contributed by atoms with van der Waals surface area (Å²) in [6, 6.07) is 18.1. The predicted molar refractivity (Wildman–Crippen MR) is 77.8 cm³/mol. The summed E-state index contributed by atoms with van der Waals surface area (Å²) in [5, 5.41) is 0. The Morgan fingerprint density at radius 1 is 0.882 bits per heavy atom. The van der Waals surface area contributed by atoms with Gasteiger partial charge in [0.2, 0.25) is 0 Å². The molecule has 1 nitrogen and oxygen atoms in total. The summed E-state index contributed by atoms with van der Waals surface area (Å²) in [5.41, 5.74) is 2.13. The third-order valence-corrected chi connectivity index (χ3v) is 2.75. The van der Waals surface area contributed by atoms with Crippen molar-refractivity contribution in [3.63, 3.8) is 0 Å². The van der Waals surface area contributed by atoms with Gasteiger partial charge in [-0.05, 0) is 35.9 Å². The molecule has 0 atom stereocenters. The maximum Gasteiger partial charge on any atom is 0.0630 e. The first-order valence-electron chi connectivity index (χ1n) is 5.36. The van der Waals surface area contributed by atoms with Crippen molar-refractivity contribution < 1.29 is 0 Å². The maximum absolute atomic E-state index is 4.33. The normalized spacial score (nSPS) is 11.4. The molecular weight excluding hydrogens is 274 g/mol. The molecule has 0 fully saturated rings. The lowest BCUT2D eigenvalue weighted by Gasteiger charge is -1.92. The summed E-state index contributed by atoms with van der Waals surface area (Å²) in [6.45, 7) is 0. The molecule has 0 aromatic heterocycles. The van der Waals surface area contributed by atoms with Gasteiger partial charge in [0.15, 0.2) is 0 Å². The first kappa shape index (κ1) is 11.8. The van der Waals surface area contributed by atoms with Crippen LogP contribution < -0.4 is 0 Å². The molecule has 0 saturated carbocycles. The largest absolute Gasteiger partial charge is 0.257 e. The van der Waals surface area contributed by atoms with E-state index in [0.717, 1.165) is 10.2 Å². The van der Waals surface area contributed by atoms with Crippen LogP contribution >= 0.6 is 15.9 Å². The van der Waals surface area contributed by atoms with E-state index in [1.54, 1.807) is 6.21 Å². The fraction of sp³-hybridized carbons (Fsp3) is 0. The molecule has 0 radical (unpaired) electrons. The van der Waals surface area contributed by atoms with Crippen LogP contribution in [0.5, 0.6) is 0 Å². The molecular formula is C15H12BrN. The Hall–Kier alpha value is -1.67. The fourth-order valence-corrected chi connectivity index (χ4v) is 1.64. The minimum absolute atomic E-state index is 0.950. The molecule has 0 heterocycles. The van der Waals surface area contributed by atoms with Crippen molar-refractivity contribution in [3.05, 3.63) is 70.7 Å². The summed E-state index contributed by atoms with van der Waals surface area (Å²) in [7, 11) is 0. The average Bonchev–Trinajstić information content (AvgIpc) is 2.38. The molecule has 17 heavy (non-hydrogen) atoms. The minimum atomic E-state index is 0.950. The highest BCUT2D eigenvalue weighted by Crippen LogP contribution is 2.16. The SMILES string of the molecule is Brc1ccc(/N=C/C=C/c2ccccc2)cc1. The van der Waals surface area contributed by atoms with E-state index in [1.165, 1.54) is 5.56 Å². The van der Waals surface area contributed by atoms with Gasteiger partial charge in [0, 0.05) is 10.7 Å². The Morgan fingerprint density at radius 2 is 1.59 bits per heavy atom. The second-order valence-corrected chi connectivity index (χ2v) is 4.44. The van der Waals surface area contributed by atoms with Gasteiger partial charge in [0.05, 0.1) is 5.69 Å². The van der Waals surface area contributed by atoms with Gasteiger partial charge in [-0.15, -0.1) is 0 Å². The number of halogens is 1. The zero-order valence-electron chi connectivity index (χ0n) is 9.25. The highest BCUT2D eigenvalue weighted by molar-refractivity contribution is 9.10. The second kappa shape index (κ2) is 6.16. The van der Waals surface area contributed by atoms with E-state index >= 15 is 0 Å². The van der Waals surface area contributed by atoms with E-state index in [1.807, 2.05) is 54.6 Å². The highest BCUT2D eigenvalue weighted by atomic mass is 79.9. The minimum Gasteiger partial charge on any atom is -0.257 e. The number of hydrogen-bond donors (Lipinski definition) is 0. The van der Waals surface area contributed by atoms with Gasteiger partial charge in [-0.1, -0.05) is 52.3 Å². The quantitative estimate of drug-likeness (QED) is 0.714. The van der Waals surface area contributed by atoms with Gasteiger partial charge in [0.1, 0.15) is 0 Å². The van der Waals surface area contributed by atoms with Crippen LogP contribution in [-0.2, 0) is 0 Å². The van der Waals surface area contributed by atoms with Crippen molar-refractivity contribution in [3.8, 4) is 0 Å². The first-order chi connectivity index (χ1) is 8.34. The molecule has 2 heteroatoms. The highest BCUT2D eigenvalue weighted by Gasteiger charge is 1.86. The van der Waals surface area contributed by atoms with Crippen LogP contribution in [0.25, 0.3) is 6.08 Å². The van der Waals surface area contributed by atoms with Gasteiger partial charge in [-0.25, -0.2) is 0 Å². The van der Waals surface area contributed by atoms with E-state index < -0.39 is 0 Å². The number of rotatable bonds is 3. The molecule has 0 aliphatic heterocycles. The summed E-state index contributed by atoms with van der Waals surface area (Å²) in [6.07, 6.45) is 5.77. The van der Waals surface area contributed by atoms with Crippen LogP contribution in [0.4, 0.5) is 5.69 Å². The lowest BCUT2D eigenvalue weighted by Crippen LogP contribution is -1.70. The predicted octanol–water partition coefficient (Wildman–Crippen LogP) is 4.86. The van der Waals surface area contributed by atoms with E-state index in [4.69, 9.17) is 0 Å². The summed E-state index contributed by atoms with van der Waals surface area (Å²) in [5.74, 6) is 0. The zero-order chi connectivity index (χ0) is 11.9. The smallest absolute Gasteiger partial charge is 0.0630 e. The van der Waals surface area contributed by atoms with Crippen molar-refractivity contribution in [1.82, 2.24) is 0 Å². The molecule has 0 aliphatic carbocycles. The monoisotopic (exact) mass is 285 g/mol. The number of nitrogens with zero attached hydrogens (tertiary/aromatic N) is 1. The lowest BCUT2D eigenvalue weighted by molar-refractivity contribution is 1.52.